The summed E-state index contributed by atoms with van der Waals surface area (Å²) in [5, 5.41) is 24.5. The Kier molecular flexibility index (Phi) is 4.85. The summed E-state index contributed by atoms with van der Waals surface area (Å²) in [6.07, 6.45) is -1.50. The number of anilines is 1. The highest BCUT2D eigenvalue weighted by atomic mass is 32.1. The predicted molar refractivity (Wildman–Crippen MR) is 62.1 cm³/mol. The van der Waals surface area contributed by atoms with E-state index < -0.39 is 18.1 Å². The molecule has 4 N–H and O–H groups in total. The third-order valence-corrected chi connectivity index (χ3v) is 2.70. The molecule has 2 amide bonds. The Balaban J connectivity index is 2.24. The first-order valence-electron chi connectivity index (χ1n) is 4.87. The number of aryl methyl sites for hydroxylation is 1. The quantitative estimate of drug-likeness (QED) is 0.612. The van der Waals surface area contributed by atoms with Crippen molar-refractivity contribution in [2.75, 3.05) is 11.9 Å². The van der Waals surface area contributed by atoms with Crippen LogP contribution in [0.1, 0.15) is 12.1 Å². The van der Waals surface area contributed by atoms with Crippen molar-refractivity contribution in [3.05, 3.63) is 11.1 Å². The van der Waals surface area contributed by atoms with Gasteiger partial charge in [0.1, 0.15) is 0 Å². The van der Waals surface area contributed by atoms with E-state index in [0.29, 0.717) is 5.13 Å². The topological polar surface area (TPSA) is 112 Å². The number of carbonyl (C=O) groups is 2. The van der Waals surface area contributed by atoms with Crippen LogP contribution in [-0.4, -0.2) is 39.8 Å². The zero-order valence-electron chi connectivity index (χ0n) is 9.14. The van der Waals surface area contributed by atoms with Crippen molar-refractivity contribution >= 4 is 28.5 Å². The third kappa shape index (κ3) is 4.79. The number of aliphatic hydroxyl groups excluding tert-OH is 1. The van der Waals surface area contributed by atoms with E-state index in [0.717, 1.165) is 5.69 Å². The molecule has 0 saturated carbocycles. The van der Waals surface area contributed by atoms with Gasteiger partial charge in [0.25, 0.3) is 0 Å². The molecule has 94 valence electrons. The number of nitrogens with one attached hydrogen (secondary N) is 2. The molecule has 1 rings (SSSR count). The van der Waals surface area contributed by atoms with E-state index >= 15 is 0 Å². The molecule has 0 fully saturated rings. The smallest absolute Gasteiger partial charge is 0.332 e. The largest absolute Gasteiger partial charge is 0.479 e. The Labute approximate surface area is 101 Å². The number of aliphatic carboxylic acids is 1. The monoisotopic (exact) mass is 259 g/mol. The number of aliphatic hydroxyl groups is 1. The van der Waals surface area contributed by atoms with E-state index in [1.807, 2.05) is 6.92 Å². The first kappa shape index (κ1) is 13.4. The highest BCUT2D eigenvalue weighted by Gasteiger charge is 2.13. The highest BCUT2D eigenvalue weighted by molar-refractivity contribution is 7.13. The van der Waals surface area contributed by atoms with Crippen LogP contribution >= 0.6 is 11.3 Å². The zero-order chi connectivity index (χ0) is 12.8. The molecule has 0 radical (unpaired) electrons. The summed E-state index contributed by atoms with van der Waals surface area (Å²) >= 11 is 1.30. The van der Waals surface area contributed by atoms with Crippen LogP contribution in [0.3, 0.4) is 0 Å². The molecule has 1 aromatic rings. The summed E-state index contributed by atoms with van der Waals surface area (Å²) in [5.41, 5.74) is 0.812. The number of urea groups is 1. The minimum absolute atomic E-state index is 0.0420. The molecule has 0 aliphatic carbocycles. The van der Waals surface area contributed by atoms with E-state index in [1.165, 1.54) is 11.3 Å². The maximum absolute atomic E-state index is 11.3. The van der Waals surface area contributed by atoms with Gasteiger partial charge < -0.3 is 15.5 Å². The number of carbonyl (C=O) groups excluding carboxylic acids is 1. The van der Waals surface area contributed by atoms with Gasteiger partial charge in [-0.25, -0.2) is 14.6 Å². The first-order valence-corrected chi connectivity index (χ1v) is 5.75. The van der Waals surface area contributed by atoms with E-state index in [2.05, 4.69) is 15.6 Å². The molecule has 1 unspecified atom stereocenters. The number of aromatic nitrogens is 1. The van der Waals surface area contributed by atoms with Crippen molar-refractivity contribution in [2.24, 2.45) is 0 Å². The van der Waals surface area contributed by atoms with Gasteiger partial charge in [-0.1, -0.05) is 0 Å². The lowest BCUT2D eigenvalue weighted by Gasteiger charge is -2.07. The molecule has 0 spiro atoms. The first-order chi connectivity index (χ1) is 7.99. The second kappa shape index (κ2) is 6.16. The summed E-state index contributed by atoms with van der Waals surface area (Å²) in [6.45, 7) is 1.88. The molecule has 0 saturated heterocycles. The molecular formula is C9H13N3O4S. The van der Waals surface area contributed by atoms with E-state index in [4.69, 9.17) is 10.2 Å². The number of carboxylic acid groups (broad SMARTS) is 1. The van der Waals surface area contributed by atoms with Gasteiger partial charge in [0.05, 0.1) is 5.69 Å². The van der Waals surface area contributed by atoms with Crippen LogP contribution in [0.2, 0.25) is 0 Å². The van der Waals surface area contributed by atoms with Gasteiger partial charge in [0.2, 0.25) is 0 Å². The summed E-state index contributed by atoms with van der Waals surface area (Å²) in [7, 11) is 0. The minimum atomic E-state index is -1.46. The zero-order valence-corrected chi connectivity index (χ0v) is 9.95. The van der Waals surface area contributed by atoms with E-state index in [9.17, 15) is 9.59 Å². The highest BCUT2D eigenvalue weighted by Crippen LogP contribution is 2.13. The number of hydrogen-bond donors (Lipinski definition) is 4. The van der Waals surface area contributed by atoms with Gasteiger partial charge >= 0.3 is 12.0 Å². The normalized spacial score (nSPS) is 11.9. The SMILES string of the molecule is Cc1csc(NC(=O)NCCC(O)C(=O)O)n1. The van der Waals surface area contributed by atoms with Crippen LogP contribution in [0.15, 0.2) is 5.38 Å². The molecule has 0 bridgehead atoms. The fourth-order valence-corrected chi connectivity index (χ4v) is 1.68. The Morgan fingerprint density at radius 1 is 1.59 bits per heavy atom. The fraction of sp³-hybridized carbons (Fsp3) is 0.444. The van der Waals surface area contributed by atoms with Crippen molar-refractivity contribution in [3.8, 4) is 0 Å². The molecule has 1 heterocycles. The average Bonchev–Trinajstić information content (AvgIpc) is 2.63. The van der Waals surface area contributed by atoms with Crippen LogP contribution < -0.4 is 10.6 Å². The second-order valence-corrected chi connectivity index (χ2v) is 4.18. The van der Waals surface area contributed by atoms with Gasteiger partial charge in [0, 0.05) is 18.3 Å². The van der Waals surface area contributed by atoms with Crippen LogP contribution in [0, 0.1) is 6.92 Å². The Bertz CT molecular complexity index is 407. The predicted octanol–water partition coefficient (Wildman–Crippen LogP) is 0.409. The van der Waals surface area contributed by atoms with Crippen molar-refractivity contribution in [1.29, 1.82) is 0 Å². The van der Waals surface area contributed by atoms with Crippen molar-refractivity contribution in [3.63, 3.8) is 0 Å². The van der Waals surface area contributed by atoms with Crippen molar-refractivity contribution in [2.45, 2.75) is 19.4 Å². The summed E-state index contributed by atoms with van der Waals surface area (Å²) < 4.78 is 0. The van der Waals surface area contributed by atoms with Crippen LogP contribution in [-0.2, 0) is 4.79 Å². The summed E-state index contributed by atoms with van der Waals surface area (Å²) in [5.74, 6) is -1.30. The fourth-order valence-electron chi connectivity index (χ4n) is 0.999. The van der Waals surface area contributed by atoms with E-state index in [1.54, 1.807) is 5.38 Å². The van der Waals surface area contributed by atoms with E-state index in [-0.39, 0.29) is 13.0 Å². The molecule has 0 aromatic carbocycles. The molecule has 1 aromatic heterocycles. The Morgan fingerprint density at radius 3 is 2.82 bits per heavy atom. The minimum Gasteiger partial charge on any atom is -0.479 e. The number of rotatable bonds is 5. The van der Waals surface area contributed by atoms with Gasteiger partial charge in [0.15, 0.2) is 11.2 Å². The molecule has 8 heteroatoms. The van der Waals surface area contributed by atoms with Crippen molar-refractivity contribution in [1.82, 2.24) is 10.3 Å². The Morgan fingerprint density at radius 2 is 2.29 bits per heavy atom. The number of hydrogen-bond acceptors (Lipinski definition) is 5. The maximum atomic E-state index is 11.3. The Hall–Kier alpha value is -1.67. The molecule has 0 aliphatic heterocycles. The van der Waals surface area contributed by atoms with Gasteiger partial charge in [-0.05, 0) is 6.92 Å². The van der Waals surface area contributed by atoms with Crippen LogP contribution in [0.4, 0.5) is 9.93 Å². The lowest BCUT2D eigenvalue weighted by molar-refractivity contribution is -0.146. The van der Waals surface area contributed by atoms with Crippen molar-refractivity contribution < 1.29 is 19.8 Å². The van der Waals surface area contributed by atoms with Gasteiger partial charge in [-0.3, -0.25) is 5.32 Å². The van der Waals surface area contributed by atoms with Crippen LogP contribution in [0.5, 0.6) is 0 Å². The molecule has 7 nitrogen and oxygen atoms in total. The number of nitrogens with zero attached hydrogens (tertiary/aromatic N) is 1. The molecule has 0 aliphatic rings. The van der Waals surface area contributed by atoms with Crippen LogP contribution in [0.25, 0.3) is 0 Å². The molecule has 1 atom stereocenters. The third-order valence-electron chi connectivity index (χ3n) is 1.83. The molecular weight excluding hydrogens is 246 g/mol. The lowest BCUT2D eigenvalue weighted by atomic mass is 10.2. The summed E-state index contributed by atoms with van der Waals surface area (Å²) in [4.78, 5) is 25.6. The average molecular weight is 259 g/mol. The van der Waals surface area contributed by atoms with Gasteiger partial charge in [-0.2, -0.15) is 0 Å². The summed E-state index contributed by atoms with van der Waals surface area (Å²) in [6, 6.07) is -0.475. The molecule has 17 heavy (non-hydrogen) atoms. The maximum Gasteiger partial charge on any atom is 0.332 e. The van der Waals surface area contributed by atoms with Gasteiger partial charge in [-0.15, -0.1) is 11.3 Å². The lowest BCUT2D eigenvalue weighted by Crippen LogP contribution is -2.33. The standard InChI is InChI=1S/C9H13N3O4S/c1-5-4-17-9(11-5)12-8(16)10-3-2-6(13)7(14)15/h4,6,13H,2-3H2,1H3,(H,14,15)(H2,10,11,12,16). The number of carboxylic acids is 1. The second-order valence-electron chi connectivity index (χ2n) is 3.32. The number of amides is 2. The number of thiazole rings is 1.